The van der Waals surface area contributed by atoms with Gasteiger partial charge in [0.1, 0.15) is 15.1 Å². The zero-order valence-corrected chi connectivity index (χ0v) is 19.9. The summed E-state index contributed by atoms with van der Waals surface area (Å²) in [6.45, 7) is 1.48. The fourth-order valence-corrected chi connectivity index (χ4v) is 7.34. The molecular formula is C25H22N2O5S2. The highest BCUT2D eigenvalue weighted by Gasteiger charge is 2.69. The lowest BCUT2D eigenvalue weighted by Gasteiger charge is -2.36. The largest absolute Gasteiger partial charge is 0.451 e. The van der Waals surface area contributed by atoms with Crippen LogP contribution in [0.4, 0.5) is 0 Å². The quantitative estimate of drug-likeness (QED) is 0.384. The first-order chi connectivity index (χ1) is 16.3. The summed E-state index contributed by atoms with van der Waals surface area (Å²) in [7, 11) is -3.88. The fraction of sp³-hybridized carbons (Fsp3) is 0.240. The van der Waals surface area contributed by atoms with E-state index in [2.05, 4.69) is 4.98 Å². The molecule has 2 aliphatic heterocycles. The van der Waals surface area contributed by atoms with Crippen LogP contribution < -0.4 is 0 Å². The highest BCUT2D eigenvalue weighted by atomic mass is 32.2. The number of thiazole rings is 1. The van der Waals surface area contributed by atoms with Crippen LogP contribution in [-0.4, -0.2) is 46.3 Å². The number of rotatable bonds is 6. The van der Waals surface area contributed by atoms with Gasteiger partial charge in [-0.05, 0) is 24.1 Å². The molecule has 34 heavy (non-hydrogen) atoms. The number of carbonyl (C=O) groups excluding carboxylic acids is 2. The summed E-state index contributed by atoms with van der Waals surface area (Å²) in [4.78, 5) is 31.5. The molecule has 0 bridgehead atoms. The number of amides is 1. The van der Waals surface area contributed by atoms with Gasteiger partial charge in [0.25, 0.3) is 0 Å². The maximum absolute atomic E-state index is 13.7. The zero-order chi connectivity index (χ0) is 23.9. The molecule has 174 valence electrons. The maximum atomic E-state index is 13.7. The molecule has 2 aliphatic rings. The minimum absolute atomic E-state index is 0.131. The molecule has 0 saturated carbocycles. The number of aromatic nitrogens is 1. The van der Waals surface area contributed by atoms with E-state index in [1.54, 1.807) is 17.7 Å². The average molecular weight is 495 g/mol. The molecule has 0 spiro atoms. The van der Waals surface area contributed by atoms with E-state index in [4.69, 9.17) is 4.74 Å². The number of ether oxygens (including phenoxy) is 1. The topological polar surface area (TPSA) is 93.6 Å². The monoisotopic (exact) mass is 494 g/mol. The molecule has 1 aromatic heterocycles. The molecule has 2 fully saturated rings. The molecule has 2 saturated heterocycles. The molecule has 0 aliphatic carbocycles. The van der Waals surface area contributed by atoms with Crippen LogP contribution in [-0.2, 0) is 24.2 Å². The Morgan fingerprint density at radius 2 is 1.76 bits per heavy atom. The lowest BCUT2D eigenvalue weighted by molar-refractivity contribution is -0.163. The molecule has 1 amide bonds. The van der Waals surface area contributed by atoms with Crippen molar-refractivity contribution in [2.75, 3.05) is 0 Å². The van der Waals surface area contributed by atoms with Gasteiger partial charge in [-0.25, -0.2) is 18.2 Å². The first kappa shape index (κ1) is 22.5. The first-order valence-electron chi connectivity index (χ1n) is 10.8. The van der Waals surface area contributed by atoms with Crippen molar-refractivity contribution in [2.24, 2.45) is 0 Å². The van der Waals surface area contributed by atoms with Crippen molar-refractivity contribution in [3.63, 3.8) is 0 Å². The number of hydrogen-bond donors (Lipinski definition) is 0. The molecule has 0 unspecified atom stereocenters. The van der Waals surface area contributed by atoms with E-state index in [0.717, 1.165) is 16.0 Å². The van der Waals surface area contributed by atoms with Crippen LogP contribution in [0, 0.1) is 0 Å². The summed E-state index contributed by atoms with van der Waals surface area (Å²) in [6.07, 6.45) is 3.79. The van der Waals surface area contributed by atoms with Crippen molar-refractivity contribution in [3.8, 4) is 0 Å². The fourth-order valence-electron chi connectivity index (χ4n) is 4.55. The van der Waals surface area contributed by atoms with Crippen LogP contribution in [0.15, 0.2) is 78.3 Å². The molecule has 3 heterocycles. The predicted molar refractivity (Wildman–Crippen MR) is 128 cm³/mol. The Kier molecular flexibility index (Phi) is 5.61. The molecule has 2 aromatic carbocycles. The second kappa shape index (κ2) is 8.48. The Hall–Kier alpha value is -3.30. The van der Waals surface area contributed by atoms with Crippen LogP contribution in [0.5, 0.6) is 0 Å². The standard InChI is InChI=1S/C25H22N2O5S2/c1-25(13-12-19-26-14-15-33-19)23(27-20(28)16-21(27)34(25,30)31)24(29)32-22(17-8-4-2-5-9-17)18-10-6-3-7-11-18/h2-15,21-23H,16H2,1H3/b13-12+/t21-,23+,25+/m1/s1. The minimum Gasteiger partial charge on any atom is -0.451 e. The summed E-state index contributed by atoms with van der Waals surface area (Å²) in [6, 6.07) is 17.2. The van der Waals surface area contributed by atoms with Gasteiger partial charge in [0, 0.05) is 11.6 Å². The van der Waals surface area contributed by atoms with Crippen molar-refractivity contribution in [1.82, 2.24) is 9.88 Å². The number of nitrogens with zero attached hydrogens (tertiary/aromatic N) is 2. The van der Waals surface area contributed by atoms with E-state index in [-0.39, 0.29) is 12.3 Å². The minimum atomic E-state index is -3.88. The molecule has 9 heteroatoms. The van der Waals surface area contributed by atoms with E-state index >= 15 is 0 Å². The highest BCUT2D eigenvalue weighted by molar-refractivity contribution is 7.94. The number of hydrogen-bond acceptors (Lipinski definition) is 7. The Morgan fingerprint density at radius 3 is 2.29 bits per heavy atom. The maximum Gasteiger partial charge on any atom is 0.331 e. The van der Waals surface area contributed by atoms with Crippen LogP contribution in [0.2, 0.25) is 0 Å². The number of esters is 1. The molecule has 0 radical (unpaired) electrons. The molecule has 0 N–H and O–H groups in total. The average Bonchev–Trinajstić information content (AvgIpc) is 3.41. The third-order valence-corrected chi connectivity index (χ3v) is 9.85. The van der Waals surface area contributed by atoms with Crippen molar-refractivity contribution in [1.29, 1.82) is 0 Å². The number of benzene rings is 2. The summed E-state index contributed by atoms with van der Waals surface area (Å²) >= 11 is 1.35. The third kappa shape index (κ3) is 3.56. The van der Waals surface area contributed by atoms with Crippen LogP contribution >= 0.6 is 11.3 Å². The molecule has 7 nitrogen and oxygen atoms in total. The first-order valence-corrected chi connectivity index (χ1v) is 13.2. The normalized spacial score (nSPS) is 25.4. The van der Waals surface area contributed by atoms with Crippen LogP contribution in [0.3, 0.4) is 0 Å². The molecule has 3 atom stereocenters. The second-order valence-corrected chi connectivity index (χ2v) is 11.9. The van der Waals surface area contributed by atoms with Gasteiger partial charge in [0.2, 0.25) is 5.91 Å². The Morgan fingerprint density at radius 1 is 1.15 bits per heavy atom. The van der Waals surface area contributed by atoms with Crippen molar-refractivity contribution in [2.45, 2.75) is 35.6 Å². The predicted octanol–water partition coefficient (Wildman–Crippen LogP) is 3.60. The van der Waals surface area contributed by atoms with Crippen molar-refractivity contribution < 1.29 is 22.7 Å². The van der Waals surface area contributed by atoms with Gasteiger partial charge in [-0.1, -0.05) is 66.7 Å². The SMILES string of the molecule is C[C@]1(/C=C/c2nccs2)[C@H](C(=O)OC(c2ccccc2)c2ccccc2)N2C(=O)C[C@H]2S1(=O)=O. The van der Waals surface area contributed by atoms with E-state index in [1.165, 1.54) is 24.3 Å². The Labute approximate surface area is 201 Å². The third-order valence-electron chi connectivity index (χ3n) is 6.41. The number of sulfone groups is 1. The van der Waals surface area contributed by atoms with Gasteiger partial charge in [-0.3, -0.25) is 4.79 Å². The number of fused-ring (bicyclic) bond motifs is 1. The van der Waals surface area contributed by atoms with E-state index in [9.17, 15) is 18.0 Å². The van der Waals surface area contributed by atoms with Crippen molar-refractivity contribution >= 4 is 39.1 Å². The van der Waals surface area contributed by atoms with E-state index < -0.39 is 38.1 Å². The van der Waals surface area contributed by atoms with Gasteiger partial charge in [-0.15, -0.1) is 11.3 Å². The smallest absolute Gasteiger partial charge is 0.331 e. The van der Waals surface area contributed by atoms with E-state index in [1.807, 2.05) is 60.7 Å². The van der Waals surface area contributed by atoms with E-state index in [0.29, 0.717) is 5.01 Å². The lowest BCUT2D eigenvalue weighted by Crippen LogP contribution is -2.57. The Bertz CT molecular complexity index is 1300. The summed E-state index contributed by atoms with van der Waals surface area (Å²) in [5.41, 5.74) is 1.49. The molecular weight excluding hydrogens is 472 g/mol. The lowest BCUT2D eigenvalue weighted by atomic mass is 9.95. The summed E-state index contributed by atoms with van der Waals surface area (Å²) < 4.78 is 31.2. The summed E-state index contributed by atoms with van der Waals surface area (Å²) in [5.74, 6) is -1.14. The molecule has 3 aromatic rings. The van der Waals surface area contributed by atoms with Crippen LogP contribution in [0.25, 0.3) is 6.08 Å². The van der Waals surface area contributed by atoms with Gasteiger partial charge < -0.3 is 9.64 Å². The van der Waals surface area contributed by atoms with Gasteiger partial charge in [0.15, 0.2) is 22.0 Å². The zero-order valence-electron chi connectivity index (χ0n) is 18.3. The van der Waals surface area contributed by atoms with Gasteiger partial charge in [-0.2, -0.15) is 0 Å². The van der Waals surface area contributed by atoms with Crippen molar-refractivity contribution in [3.05, 3.63) is 94.5 Å². The van der Waals surface area contributed by atoms with Gasteiger partial charge >= 0.3 is 5.97 Å². The number of β-lactam (4-membered cyclic amide) rings is 1. The second-order valence-electron chi connectivity index (χ2n) is 8.43. The highest BCUT2D eigenvalue weighted by Crippen LogP contribution is 2.48. The van der Waals surface area contributed by atoms with Gasteiger partial charge in [0.05, 0.1) is 6.42 Å². The number of carbonyl (C=O) groups is 2. The Balaban J connectivity index is 1.54. The van der Waals surface area contributed by atoms with Crippen LogP contribution in [0.1, 0.15) is 35.6 Å². The molecule has 5 rings (SSSR count). The summed E-state index contributed by atoms with van der Waals surface area (Å²) in [5, 5.41) is 1.35.